The predicted molar refractivity (Wildman–Crippen MR) is 113 cm³/mol. The molecular weight excluding hydrogens is 409 g/mol. The van der Waals surface area contributed by atoms with Crippen LogP contribution in [-0.2, 0) is 6.42 Å². The summed E-state index contributed by atoms with van der Waals surface area (Å²) < 4.78 is 13.3. The molecule has 148 valence electrons. The maximum absolute atomic E-state index is 13.3. The van der Waals surface area contributed by atoms with Crippen LogP contribution in [0.5, 0.6) is 11.5 Å². The van der Waals surface area contributed by atoms with Crippen molar-refractivity contribution in [1.82, 2.24) is 5.32 Å². The van der Waals surface area contributed by atoms with Crippen molar-refractivity contribution in [3.63, 3.8) is 0 Å². The lowest BCUT2D eigenvalue weighted by atomic mass is 9.76. The highest BCUT2D eigenvalue weighted by molar-refractivity contribution is 8.93. The number of rotatable bonds is 7. The standard InChI is InChI=1S/C22H28FNO2.BrH/c1-2-12-24-14-17(15-6-8-18(23)9-7-15)13-16-4-3-5-20-19(16)10-11-21(25)22(20)26;/h6-11,16-17,24-26H,2-5,12-14H2,1H3;1H. The van der Waals surface area contributed by atoms with Gasteiger partial charge in [-0.05, 0) is 79.8 Å². The van der Waals surface area contributed by atoms with Gasteiger partial charge >= 0.3 is 0 Å². The molecule has 0 bridgehead atoms. The lowest BCUT2D eigenvalue weighted by molar-refractivity contribution is 0.388. The number of nitrogens with one attached hydrogen (secondary N) is 1. The molecule has 1 aliphatic rings. The number of hydrogen-bond acceptors (Lipinski definition) is 3. The van der Waals surface area contributed by atoms with Crippen LogP contribution in [0.2, 0.25) is 0 Å². The maximum atomic E-state index is 13.3. The molecule has 3 rings (SSSR count). The maximum Gasteiger partial charge on any atom is 0.160 e. The Hall–Kier alpha value is -1.59. The highest BCUT2D eigenvalue weighted by atomic mass is 79.9. The van der Waals surface area contributed by atoms with Crippen molar-refractivity contribution in [2.45, 2.75) is 50.9 Å². The van der Waals surface area contributed by atoms with Crippen LogP contribution in [0.4, 0.5) is 4.39 Å². The Bertz CT molecular complexity index is 736. The van der Waals surface area contributed by atoms with Crippen molar-refractivity contribution in [1.29, 1.82) is 0 Å². The number of aromatic hydroxyl groups is 2. The lowest BCUT2D eigenvalue weighted by Gasteiger charge is -2.30. The minimum absolute atomic E-state index is 0. The first-order valence-electron chi connectivity index (χ1n) is 9.60. The zero-order chi connectivity index (χ0) is 18.5. The van der Waals surface area contributed by atoms with Crippen LogP contribution in [0, 0.1) is 5.82 Å². The average molecular weight is 438 g/mol. The van der Waals surface area contributed by atoms with Gasteiger partial charge in [-0.25, -0.2) is 4.39 Å². The van der Waals surface area contributed by atoms with Crippen LogP contribution in [0.15, 0.2) is 36.4 Å². The first kappa shape index (κ1) is 21.7. The van der Waals surface area contributed by atoms with Crippen LogP contribution >= 0.6 is 17.0 Å². The lowest BCUT2D eigenvalue weighted by Crippen LogP contribution is -2.24. The van der Waals surface area contributed by atoms with Gasteiger partial charge in [-0.3, -0.25) is 0 Å². The molecule has 2 aromatic rings. The fraction of sp³-hybridized carbons (Fsp3) is 0.455. The van der Waals surface area contributed by atoms with Crippen LogP contribution in [0.1, 0.15) is 61.1 Å². The molecule has 0 radical (unpaired) electrons. The second kappa shape index (κ2) is 10.1. The molecule has 0 heterocycles. The number of phenols is 2. The zero-order valence-corrected chi connectivity index (χ0v) is 17.5. The summed E-state index contributed by atoms with van der Waals surface area (Å²) in [6.07, 6.45) is 4.91. The predicted octanol–water partition coefficient (Wildman–Crippen LogP) is 5.41. The molecule has 2 aromatic carbocycles. The van der Waals surface area contributed by atoms with Gasteiger partial charge in [0.05, 0.1) is 0 Å². The molecule has 2 unspecified atom stereocenters. The van der Waals surface area contributed by atoms with E-state index in [2.05, 4.69) is 12.2 Å². The quantitative estimate of drug-likeness (QED) is 0.400. The van der Waals surface area contributed by atoms with E-state index in [1.54, 1.807) is 6.07 Å². The summed E-state index contributed by atoms with van der Waals surface area (Å²) in [6.45, 7) is 3.97. The molecule has 2 atom stereocenters. The van der Waals surface area contributed by atoms with Gasteiger partial charge in [0.1, 0.15) is 5.82 Å². The summed E-state index contributed by atoms with van der Waals surface area (Å²) >= 11 is 0. The van der Waals surface area contributed by atoms with Gasteiger partial charge in [-0.2, -0.15) is 0 Å². The fourth-order valence-electron chi connectivity index (χ4n) is 4.08. The second-order valence-corrected chi connectivity index (χ2v) is 7.28. The van der Waals surface area contributed by atoms with Crippen molar-refractivity contribution in [2.24, 2.45) is 0 Å². The van der Waals surface area contributed by atoms with E-state index in [-0.39, 0.29) is 40.2 Å². The molecule has 27 heavy (non-hydrogen) atoms. The summed E-state index contributed by atoms with van der Waals surface area (Å²) in [5.74, 6) is 0.411. The van der Waals surface area contributed by atoms with E-state index < -0.39 is 0 Å². The molecule has 0 aromatic heterocycles. The summed E-state index contributed by atoms with van der Waals surface area (Å²) in [5.41, 5.74) is 3.18. The monoisotopic (exact) mass is 437 g/mol. The molecular formula is C22H29BrFNO2. The fourth-order valence-corrected chi connectivity index (χ4v) is 4.08. The SMILES string of the molecule is Br.CCCNCC(CC1CCCc2c1ccc(O)c2O)c1ccc(F)cc1. The van der Waals surface area contributed by atoms with E-state index in [1.807, 2.05) is 18.2 Å². The van der Waals surface area contributed by atoms with Gasteiger partial charge < -0.3 is 15.5 Å². The molecule has 0 fully saturated rings. The zero-order valence-electron chi connectivity index (χ0n) is 15.7. The van der Waals surface area contributed by atoms with Crippen molar-refractivity contribution in [3.8, 4) is 11.5 Å². The highest BCUT2D eigenvalue weighted by Gasteiger charge is 2.27. The smallest absolute Gasteiger partial charge is 0.160 e. The summed E-state index contributed by atoms with van der Waals surface area (Å²) in [6, 6.07) is 10.4. The van der Waals surface area contributed by atoms with E-state index in [0.29, 0.717) is 5.92 Å². The van der Waals surface area contributed by atoms with E-state index in [9.17, 15) is 14.6 Å². The second-order valence-electron chi connectivity index (χ2n) is 7.28. The molecule has 0 aliphatic heterocycles. The number of fused-ring (bicyclic) bond motifs is 1. The van der Waals surface area contributed by atoms with Crippen molar-refractivity contribution < 1.29 is 14.6 Å². The Kier molecular flexibility index (Phi) is 8.11. The molecule has 1 aliphatic carbocycles. The number of halogens is 2. The largest absolute Gasteiger partial charge is 0.504 e. The normalized spacial score (nSPS) is 17.0. The van der Waals surface area contributed by atoms with Gasteiger partial charge in [0.15, 0.2) is 11.5 Å². The molecule has 3 N–H and O–H groups in total. The van der Waals surface area contributed by atoms with E-state index in [1.165, 1.54) is 12.1 Å². The Morgan fingerprint density at radius 1 is 1.15 bits per heavy atom. The minimum Gasteiger partial charge on any atom is -0.504 e. The van der Waals surface area contributed by atoms with Gasteiger partial charge in [0, 0.05) is 12.1 Å². The van der Waals surface area contributed by atoms with Crippen molar-refractivity contribution in [2.75, 3.05) is 13.1 Å². The van der Waals surface area contributed by atoms with E-state index >= 15 is 0 Å². The third-order valence-corrected chi connectivity index (χ3v) is 5.44. The first-order valence-corrected chi connectivity index (χ1v) is 9.60. The van der Waals surface area contributed by atoms with Crippen LogP contribution < -0.4 is 5.32 Å². The minimum atomic E-state index is -0.211. The van der Waals surface area contributed by atoms with Crippen LogP contribution in [0.25, 0.3) is 0 Å². The number of benzene rings is 2. The van der Waals surface area contributed by atoms with E-state index in [0.717, 1.165) is 61.9 Å². The van der Waals surface area contributed by atoms with Gasteiger partial charge in [0.2, 0.25) is 0 Å². The summed E-state index contributed by atoms with van der Waals surface area (Å²) in [7, 11) is 0. The molecule has 0 saturated carbocycles. The Morgan fingerprint density at radius 3 is 2.59 bits per heavy atom. The van der Waals surface area contributed by atoms with Gasteiger partial charge in [-0.15, -0.1) is 17.0 Å². The summed E-state index contributed by atoms with van der Waals surface area (Å²) in [4.78, 5) is 0. The van der Waals surface area contributed by atoms with E-state index in [4.69, 9.17) is 0 Å². The Balaban J connectivity index is 0.00000261. The third kappa shape index (κ3) is 5.23. The molecule has 0 spiro atoms. The Labute approximate surface area is 171 Å². The first-order chi connectivity index (χ1) is 12.6. The molecule has 5 heteroatoms. The molecule has 3 nitrogen and oxygen atoms in total. The number of phenolic OH excluding ortho intramolecular Hbond substituents is 2. The van der Waals surface area contributed by atoms with Gasteiger partial charge in [0.25, 0.3) is 0 Å². The van der Waals surface area contributed by atoms with Crippen molar-refractivity contribution in [3.05, 3.63) is 58.9 Å². The Morgan fingerprint density at radius 2 is 1.89 bits per heavy atom. The molecule has 0 saturated heterocycles. The van der Waals surface area contributed by atoms with Crippen LogP contribution in [0.3, 0.4) is 0 Å². The number of hydrogen-bond donors (Lipinski definition) is 3. The average Bonchev–Trinajstić information content (AvgIpc) is 2.65. The van der Waals surface area contributed by atoms with Gasteiger partial charge in [-0.1, -0.05) is 25.1 Å². The summed E-state index contributed by atoms with van der Waals surface area (Å²) in [5, 5.41) is 23.5. The van der Waals surface area contributed by atoms with Crippen molar-refractivity contribution >= 4 is 17.0 Å². The molecule has 0 amide bonds. The van der Waals surface area contributed by atoms with Crippen LogP contribution in [-0.4, -0.2) is 23.3 Å². The highest BCUT2D eigenvalue weighted by Crippen LogP contribution is 2.44. The third-order valence-electron chi connectivity index (χ3n) is 5.44. The topological polar surface area (TPSA) is 52.5 Å².